The first kappa shape index (κ1) is 10.2. The molecule has 3 N–H and O–H groups in total. The fraction of sp³-hybridized carbons (Fsp3) is 0.600. The zero-order valence-corrected chi connectivity index (χ0v) is 8.84. The largest absolute Gasteiger partial charge is 0.308 e. The molecular formula is C10H16N4O. The Bertz CT molecular complexity index is 341. The van der Waals surface area contributed by atoms with Gasteiger partial charge in [-0.05, 0) is 25.8 Å². The lowest BCUT2D eigenvalue weighted by atomic mass is 10.2. The standard InChI is InChI=1S/C10H16N4O/c1-2-7-6-9(14-13-7)12-10(15)8-4-3-5-11-8/h6,8,11H,2-5H2,1H3,(H2,12,13,14,15). The van der Waals surface area contributed by atoms with Crippen molar-refractivity contribution in [2.45, 2.75) is 32.2 Å². The fourth-order valence-electron chi connectivity index (χ4n) is 1.73. The number of aromatic nitrogens is 2. The van der Waals surface area contributed by atoms with E-state index in [1.807, 2.05) is 13.0 Å². The summed E-state index contributed by atoms with van der Waals surface area (Å²) >= 11 is 0. The van der Waals surface area contributed by atoms with E-state index in [-0.39, 0.29) is 11.9 Å². The lowest BCUT2D eigenvalue weighted by molar-refractivity contribution is -0.117. The second kappa shape index (κ2) is 4.44. The van der Waals surface area contributed by atoms with Gasteiger partial charge in [0.1, 0.15) is 0 Å². The molecule has 2 heterocycles. The molecule has 2 rings (SSSR count). The molecule has 0 radical (unpaired) electrons. The Morgan fingerprint density at radius 1 is 1.73 bits per heavy atom. The van der Waals surface area contributed by atoms with E-state index >= 15 is 0 Å². The highest BCUT2D eigenvalue weighted by atomic mass is 16.2. The lowest BCUT2D eigenvalue weighted by Crippen LogP contribution is -2.35. The number of hydrogen-bond donors (Lipinski definition) is 3. The first-order valence-electron chi connectivity index (χ1n) is 5.38. The van der Waals surface area contributed by atoms with Crippen molar-refractivity contribution in [2.75, 3.05) is 11.9 Å². The molecule has 1 amide bonds. The molecule has 1 aromatic rings. The normalized spacial score (nSPS) is 20.5. The summed E-state index contributed by atoms with van der Waals surface area (Å²) in [5.74, 6) is 0.632. The van der Waals surface area contributed by atoms with Crippen LogP contribution in [0.1, 0.15) is 25.5 Å². The number of anilines is 1. The van der Waals surface area contributed by atoms with Crippen LogP contribution in [-0.4, -0.2) is 28.7 Å². The van der Waals surface area contributed by atoms with Gasteiger partial charge in [-0.25, -0.2) is 0 Å². The number of H-pyrrole nitrogens is 1. The molecule has 1 atom stereocenters. The van der Waals surface area contributed by atoms with Crippen LogP contribution >= 0.6 is 0 Å². The zero-order chi connectivity index (χ0) is 10.7. The van der Waals surface area contributed by atoms with Crippen molar-refractivity contribution in [3.05, 3.63) is 11.8 Å². The van der Waals surface area contributed by atoms with Crippen LogP contribution < -0.4 is 10.6 Å². The van der Waals surface area contributed by atoms with E-state index < -0.39 is 0 Å². The molecular weight excluding hydrogens is 192 g/mol. The number of nitrogens with one attached hydrogen (secondary N) is 3. The van der Waals surface area contributed by atoms with Crippen LogP contribution in [0, 0.1) is 0 Å². The summed E-state index contributed by atoms with van der Waals surface area (Å²) in [5.41, 5.74) is 1.03. The Balaban J connectivity index is 1.92. The van der Waals surface area contributed by atoms with E-state index in [0.29, 0.717) is 5.82 Å². The molecule has 1 unspecified atom stereocenters. The summed E-state index contributed by atoms with van der Waals surface area (Å²) in [5, 5.41) is 12.8. The predicted octanol–water partition coefficient (Wildman–Crippen LogP) is 0.663. The smallest absolute Gasteiger partial charge is 0.242 e. The summed E-state index contributed by atoms with van der Waals surface area (Å²) in [7, 11) is 0. The van der Waals surface area contributed by atoms with Crippen molar-refractivity contribution < 1.29 is 4.79 Å². The van der Waals surface area contributed by atoms with Gasteiger partial charge in [-0.1, -0.05) is 6.92 Å². The van der Waals surface area contributed by atoms with E-state index in [4.69, 9.17) is 0 Å². The van der Waals surface area contributed by atoms with E-state index in [0.717, 1.165) is 31.5 Å². The molecule has 1 aromatic heterocycles. The minimum absolute atomic E-state index is 0.0154. The Kier molecular flexibility index (Phi) is 3.01. The van der Waals surface area contributed by atoms with Gasteiger partial charge in [0, 0.05) is 11.8 Å². The van der Waals surface area contributed by atoms with Crippen LogP contribution in [0.15, 0.2) is 6.07 Å². The third kappa shape index (κ3) is 2.36. The second-order valence-corrected chi connectivity index (χ2v) is 3.77. The number of carbonyl (C=O) groups is 1. The van der Waals surface area contributed by atoms with Gasteiger partial charge >= 0.3 is 0 Å². The van der Waals surface area contributed by atoms with Gasteiger partial charge in [-0.2, -0.15) is 5.10 Å². The Labute approximate surface area is 88.6 Å². The van der Waals surface area contributed by atoms with Crippen LogP contribution in [0.5, 0.6) is 0 Å². The van der Waals surface area contributed by atoms with Crippen molar-refractivity contribution in [1.29, 1.82) is 0 Å². The maximum atomic E-state index is 11.7. The number of aryl methyl sites for hydroxylation is 1. The first-order valence-corrected chi connectivity index (χ1v) is 5.38. The average molecular weight is 208 g/mol. The third-order valence-electron chi connectivity index (χ3n) is 2.64. The number of amides is 1. The Morgan fingerprint density at radius 2 is 2.60 bits per heavy atom. The number of nitrogens with zero attached hydrogens (tertiary/aromatic N) is 1. The SMILES string of the molecule is CCc1cc(NC(=O)C2CCCN2)n[nH]1. The van der Waals surface area contributed by atoms with Gasteiger partial charge in [-0.15, -0.1) is 0 Å². The molecule has 1 aliphatic rings. The van der Waals surface area contributed by atoms with Gasteiger partial charge in [0.15, 0.2) is 5.82 Å². The minimum Gasteiger partial charge on any atom is -0.308 e. The molecule has 1 fully saturated rings. The van der Waals surface area contributed by atoms with Gasteiger partial charge in [-0.3, -0.25) is 9.89 Å². The number of carbonyl (C=O) groups excluding carboxylic acids is 1. The van der Waals surface area contributed by atoms with Crippen molar-refractivity contribution in [1.82, 2.24) is 15.5 Å². The maximum absolute atomic E-state index is 11.7. The molecule has 82 valence electrons. The highest BCUT2D eigenvalue weighted by molar-refractivity contribution is 5.94. The summed E-state index contributed by atoms with van der Waals surface area (Å²) in [6.45, 7) is 2.97. The van der Waals surface area contributed by atoms with E-state index in [1.54, 1.807) is 0 Å². The molecule has 1 saturated heterocycles. The summed E-state index contributed by atoms with van der Waals surface area (Å²) in [6, 6.07) is 1.82. The van der Waals surface area contributed by atoms with Crippen LogP contribution in [0.2, 0.25) is 0 Å². The predicted molar refractivity (Wildman–Crippen MR) is 57.6 cm³/mol. The topological polar surface area (TPSA) is 69.8 Å². The van der Waals surface area contributed by atoms with E-state index in [9.17, 15) is 4.79 Å². The summed E-state index contributed by atoms with van der Waals surface area (Å²) in [4.78, 5) is 11.7. The molecule has 0 aromatic carbocycles. The summed E-state index contributed by atoms with van der Waals surface area (Å²) < 4.78 is 0. The lowest BCUT2D eigenvalue weighted by Gasteiger charge is -2.08. The highest BCUT2D eigenvalue weighted by Crippen LogP contribution is 2.10. The van der Waals surface area contributed by atoms with Crippen LogP contribution in [0.25, 0.3) is 0 Å². The second-order valence-electron chi connectivity index (χ2n) is 3.77. The van der Waals surface area contributed by atoms with Gasteiger partial charge in [0.25, 0.3) is 0 Å². The molecule has 5 heteroatoms. The van der Waals surface area contributed by atoms with Gasteiger partial charge in [0.2, 0.25) is 5.91 Å². The minimum atomic E-state index is -0.0493. The molecule has 5 nitrogen and oxygen atoms in total. The molecule has 0 spiro atoms. The van der Waals surface area contributed by atoms with E-state index in [2.05, 4.69) is 20.8 Å². The first-order chi connectivity index (χ1) is 7.29. The van der Waals surface area contributed by atoms with Gasteiger partial charge in [0.05, 0.1) is 6.04 Å². The van der Waals surface area contributed by atoms with Crippen LogP contribution in [0.4, 0.5) is 5.82 Å². The third-order valence-corrected chi connectivity index (χ3v) is 2.64. The van der Waals surface area contributed by atoms with Crippen molar-refractivity contribution in [2.24, 2.45) is 0 Å². The van der Waals surface area contributed by atoms with Crippen LogP contribution in [-0.2, 0) is 11.2 Å². The molecule has 0 aliphatic carbocycles. The van der Waals surface area contributed by atoms with Crippen molar-refractivity contribution in [3.8, 4) is 0 Å². The number of aromatic amines is 1. The van der Waals surface area contributed by atoms with Crippen molar-refractivity contribution in [3.63, 3.8) is 0 Å². The molecule has 0 bridgehead atoms. The highest BCUT2D eigenvalue weighted by Gasteiger charge is 2.22. The zero-order valence-electron chi connectivity index (χ0n) is 8.84. The van der Waals surface area contributed by atoms with Crippen LogP contribution in [0.3, 0.4) is 0 Å². The molecule has 1 aliphatic heterocycles. The van der Waals surface area contributed by atoms with Gasteiger partial charge < -0.3 is 10.6 Å². The monoisotopic (exact) mass is 208 g/mol. The van der Waals surface area contributed by atoms with E-state index in [1.165, 1.54) is 0 Å². The maximum Gasteiger partial charge on any atom is 0.242 e. The Hall–Kier alpha value is -1.36. The Morgan fingerprint density at radius 3 is 3.20 bits per heavy atom. The molecule has 15 heavy (non-hydrogen) atoms. The van der Waals surface area contributed by atoms with Crippen molar-refractivity contribution >= 4 is 11.7 Å². The quantitative estimate of drug-likeness (QED) is 0.683. The number of rotatable bonds is 3. The summed E-state index contributed by atoms with van der Waals surface area (Å²) in [6.07, 6.45) is 2.88. The number of hydrogen-bond acceptors (Lipinski definition) is 3. The molecule has 0 saturated carbocycles. The fourth-order valence-corrected chi connectivity index (χ4v) is 1.73. The average Bonchev–Trinajstić information content (AvgIpc) is 2.87.